The normalized spacial score (nSPS) is 22.0. The molecule has 0 radical (unpaired) electrons. The van der Waals surface area contributed by atoms with Crippen LogP contribution in [0.15, 0.2) is 41.8 Å². The minimum absolute atomic E-state index is 0.446. The van der Waals surface area contributed by atoms with Crippen molar-refractivity contribution in [2.24, 2.45) is 5.92 Å². The van der Waals surface area contributed by atoms with Gasteiger partial charge in [-0.25, -0.2) is 4.98 Å². The van der Waals surface area contributed by atoms with E-state index in [0.29, 0.717) is 12.0 Å². The van der Waals surface area contributed by atoms with Crippen LogP contribution in [0.3, 0.4) is 0 Å². The van der Waals surface area contributed by atoms with Gasteiger partial charge >= 0.3 is 0 Å². The zero-order chi connectivity index (χ0) is 16.1. The summed E-state index contributed by atoms with van der Waals surface area (Å²) in [5, 5.41) is 4.51. The first kappa shape index (κ1) is 16.2. The second-order valence-corrected chi connectivity index (χ2v) is 6.85. The van der Waals surface area contributed by atoms with Gasteiger partial charge in [0, 0.05) is 31.9 Å². The van der Waals surface area contributed by atoms with Crippen molar-refractivity contribution in [1.82, 2.24) is 19.9 Å². The van der Waals surface area contributed by atoms with Crippen LogP contribution in [-0.2, 0) is 6.54 Å². The van der Waals surface area contributed by atoms with E-state index in [1.807, 2.05) is 24.7 Å². The molecule has 0 aliphatic carbocycles. The predicted octanol–water partition coefficient (Wildman–Crippen LogP) is 2.92. The highest BCUT2D eigenvalue weighted by Gasteiger charge is 2.26. The van der Waals surface area contributed by atoms with E-state index in [2.05, 4.69) is 44.2 Å². The Morgan fingerprint density at radius 3 is 3.00 bits per heavy atom. The van der Waals surface area contributed by atoms with Gasteiger partial charge in [0.25, 0.3) is 0 Å². The number of nitrogens with one attached hydrogen (secondary N) is 1. The van der Waals surface area contributed by atoms with Crippen LogP contribution < -0.4 is 5.32 Å². The van der Waals surface area contributed by atoms with Crippen molar-refractivity contribution in [2.75, 3.05) is 24.7 Å². The van der Waals surface area contributed by atoms with E-state index in [0.717, 1.165) is 42.6 Å². The number of rotatable bonds is 5. The summed E-state index contributed by atoms with van der Waals surface area (Å²) in [6.07, 6.45) is 8.61. The number of aromatic nitrogens is 3. The number of hydrogen-bond donors (Lipinski definition) is 1. The SMILES string of the molecule is CSc1cncc(N[C@@H]2CCN(Cc3ccccn3)C[C@@H]2C)n1. The van der Waals surface area contributed by atoms with Crippen molar-refractivity contribution < 1.29 is 0 Å². The summed E-state index contributed by atoms with van der Waals surface area (Å²) >= 11 is 1.62. The van der Waals surface area contributed by atoms with Crippen LogP contribution in [0.5, 0.6) is 0 Å². The van der Waals surface area contributed by atoms with Gasteiger partial charge in [0.2, 0.25) is 0 Å². The number of piperidine rings is 1. The number of hydrogen-bond acceptors (Lipinski definition) is 6. The molecule has 0 saturated carbocycles. The molecule has 1 N–H and O–H groups in total. The fourth-order valence-electron chi connectivity index (χ4n) is 3.02. The molecule has 0 unspecified atom stereocenters. The predicted molar refractivity (Wildman–Crippen MR) is 94.5 cm³/mol. The van der Waals surface area contributed by atoms with Crippen LogP contribution in [0.1, 0.15) is 19.0 Å². The van der Waals surface area contributed by atoms with Gasteiger partial charge in [-0.3, -0.25) is 14.9 Å². The van der Waals surface area contributed by atoms with Crippen molar-refractivity contribution in [3.63, 3.8) is 0 Å². The van der Waals surface area contributed by atoms with E-state index in [1.165, 1.54) is 0 Å². The van der Waals surface area contributed by atoms with Crippen LogP contribution in [-0.4, -0.2) is 45.2 Å². The lowest BCUT2D eigenvalue weighted by atomic mass is 9.93. The van der Waals surface area contributed by atoms with Crippen molar-refractivity contribution in [1.29, 1.82) is 0 Å². The quantitative estimate of drug-likeness (QED) is 0.851. The van der Waals surface area contributed by atoms with Gasteiger partial charge in [-0.15, -0.1) is 11.8 Å². The molecule has 0 aromatic carbocycles. The number of pyridine rings is 1. The Hall–Kier alpha value is -1.66. The number of likely N-dealkylation sites (tertiary alicyclic amines) is 1. The minimum Gasteiger partial charge on any atom is -0.366 e. The fourth-order valence-corrected chi connectivity index (χ4v) is 3.37. The Balaban J connectivity index is 1.56. The van der Waals surface area contributed by atoms with Gasteiger partial charge in [-0.05, 0) is 30.7 Å². The third-order valence-electron chi connectivity index (χ3n) is 4.26. The van der Waals surface area contributed by atoms with Crippen molar-refractivity contribution in [2.45, 2.75) is 31.0 Å². The average molecular weight is 329 g/mol. The highest BCUT2D eigenvalue weighted by molar-refractivity contribution is 7.98. The van der Waals surface area contributed by atoms with E-state index < -0.39 is 0 Å². The molecule has 1 aliphatic heterocycles. The molecule has 0 spiro atoms. The lowest BCUT2D eigenvalue weighted by Gasteiger charge is -2.37. The Morgan fingerprint density at radius 1 is 1.35 bits per heavy atom. The highest BCUT2D eigenvalue weighted by Crippen LogP contribution is 2.22. The zero-order valence-corrected chi connectivity index (χ0v) is 14.5. The van der Waals surface area contributed by atoms with E-state index in [-0.39, 0.29) is 0 Å². The van der Waals surface area contributed by atoms with E-state index in [4.69, 9.17) is 0 Å². The molecule has 0 bridgehead atoms. The first-order valence-corrected chi connectivity index (χ1v) is 9.22. The van der Waals surface area contributed by atoms with Crippen LogP contribution >= 0.6 is 11.8 Å². The monoisotopic (exact) mass is 329 g/mol. The molecule has 1 fully saturated rings. The Labute approximate surface area is 141 Å². The second-order valence-electron chi connectivity index (χ2n) is 6.02. The first-order chi connectivity index (χ1) is 11.2. The Bertz CT molecular complexity index is 621. The molecule has 1 aliphatic rings. The van der Waals surface area contributed by atoms with Crippen molar-refractivity contribution in [3.05, 3.63) is 42.5 Å². The van der Waals surface area contributed by atoms with Gasteiger partial charge in [0.05, 0.1) is 18.1 Å². The molecule has 0 amide bonds. The largest absolute Gasteiger partial charge is 0.366 e. The highest BCUT2D eigenvalue weighted by atomic mass is 32.2. The first-order valence-electron chi connectivity index (χ1n) is 7.99. The van der Waals surface area contributed by atoms with Gasteiger partial charge in [-0.1, -0.05) is 13.0 Å². The minimum atomic E-state index is 0.446. The standard InChI is InChI=1S/C17H23N5S/c1-13-11-22(12-14-5-3-4-7-19-14)8-6-15(13)20-16-9-18-10-17(21-16)23-2/h3-5,7,9-10,13,15H,6,8,11-12H2,1-2H3,(H,20,21)/t13-,15+/m0/s1. The molecule has 3 rings (SSSR count). The summed E-state index contributed by atoms with van der Waals surface area (Å²) in [6, 6.07) is 6.56. The molecule has 5 nitrogen and oxygen atoms in total. The van der Waals surface area contributed by atoms with Gasteiger partial charge < -0.3 is 5.32 Å². The zero-order valence-electron chi connectivity index (χ0n) is 13.6. The van der Waals surface area contributed by atoms with Crippen molar-refractivity contribution >= 4 is 17.6 Å². The molecule has 23 heavy (non-hydrogen) atoms. The van der Waals surface area contributed by atoms with Crippen LogP contribution in [0, 0.1) is 5.92 Å². The van der Waals surface area contributed by atoms with Gasteiger partial charge in [-0.2, -0.15) is 0 Å². The molecule has 2 atom stereocenters. The lowest BCUT2D eigenvalue weighted by molar-refractivity contribution is 0.163. The van der Waals surface area contributed by atoms with E-state index in [9.17, 15) is 0 Å². The number of thioether (sulfide) groups is 1. The van der Waals surface area contributed by atoms with Crippen LogP contribution in [0.4, 0.5) is 5.82 Å². The third kappa shape index (κ3) is 4.42. The second kappa shape index (κ2) is 7.75. The molecular weight excluding hydrogens is 306 g/mol. The van der Waals surface area contributed by atoms with E-state index in [1.54, 1.807) is 18.0 Å². The van der Waals surface area contributed by atoms with Gasteiger partial charge in [0.1, 0.15) is 10.8 Å². The summed E-state index contributed by atoms with van der Waals surface area (Å²) in [5.74, 6) is 1.44. The smallest absolute Gasteiger partial charge is 0.146 e. The molecule has 122 valence electrons. The van der Waals surface area contributed by atoms with E-state index >= 15 is 0 Å². The molecule has 2 aromatic rings. The Kier molecular flexibility index (Phi) is 5.46. The van der Waals surface area contributed by atoms with Gasteiger partial charge in [0.15, 0.2) is 0 Å². The van der Waals surface area contributed by atoms with Crippen molar-refractivity contribution in [3.8, 4) is 0 Å². The third-order valence-corrected chi connectivity index (χ3v) is 4.87. The van der Waals surface area contributed by atoms with Crippen LogP contribution in [0.25, 0.3) is 0 Å². The molecule has 3 heterocycles. The summed E-state index contributed by atoms with van der Waals surface area (Å²) in [6.45, 7) is 5.38. The molecule has 1 saturated heterocycles. The maximum absolute atomic E-state index is 4.57. The molecular formula is C17H23N5S. The summed E-state index contributed by atoms with van der Waals surface area (Å²) in [4.78, 5) is 15.7. The topological polar surface area (TPSA) is 53.9 Å². The summed E-state index contributed by atoms with van der Waals surface area (Å²) in [5.41, 5.74) is 1.14. The number of nitrogens with zero attached hydrogens (tertiary/aromatic N) is 4. The summed E-state index contributed by atoms with van der Waals surface area (Å²) < 4.78 is 0. The fraction of sp³-hybridized carbons (Fsp3) is 0.471. The summed E-state index contributed by atoms with van der Waals surface area (Å²) in [7, 11) is 0. The average Bonchev–Trinajstić information content (AvgIpc) is 2.58. The maximum atomic E-state index is 4.57. The molecule has 2 aromatic heterocycles. The Morgan fingerprint density at radius 2 is 2.26 bits per heavy atom. The molecule has 6 heteroatoms. The lowest BCUT2D eigenvalue weighted by Crippen LogP contribution is -2.45. The maximum Gasteiger partial charge on any atom is 0.146 e. The number of anilines is 1. The van der Waals surface area contributed by atoms with Crippen LogP contribution in [0.2, 0.25) is 0 Å².